The zero-order chi connectivity index (χ0) is 9.56. The first-order valence-corrected chi connectivity index (χ1v) is 4.35. The molecule has 0 aliphatic heterocycles. The number of primary amides is 1. The van der Waals surface area contributed by atoms with Crippen LogP contribution in [-0.4, -0.2) is 19.0 Å². The van der Waals surface area contributed by atoms with Crippen molar-refractivity contribution in [2.75, 3.05) is 7.05 Å². The lowest BCUT2D eigenvalue weighted by Crippen LogP contribution is -2.27. The van der Waals surface area contributed by atoms with E-state index in [4.69, 9.17) is 17.3 Å². The number of hydrogen-bond donors (Lipinski definition) is 2. The number of halogens is 1. The topological polar surface area (TPSA) is 55.1 Å². The molecule has 0 saturated carbocycles. The van der Waals surface area contributed by atoms with E-state index in [0.29, 0.717) is 12.0 Å². The molecule has 0 saturated heterocycles. The van der Waals surface area contributed by atoms with Gasteiger partial charge in [0.1, 0.15) is 0 Å². The van der Waals surface area contributed by atoms with Crippen LogP contribution in [0.3, 0.4) is 0 Å². The number of nitrogens with one attached hydrogen (secondary N) is 1. The van der Waals surface area contributed by atoms with Crippen molar-refractivity contribution in [1.82, 2.24) is 5.32 Å². The summed E-state index contributed by atoms with van der Waals surface area (Å²) in [6, 6.07) is 0.266. The summed E-state index contributed by atoms with van der Waals surface area (Å²) in [5.74, 6) is -0.446. The fourth-order valence-corrected chi connectivity index (χ4v) is 1.11. The molecule has 70 valence electrons. The molecule has 0 aromatic carbocycles. The van der Waals surface area contributed by atoms with Crippen LogP contribution >= 0.6 is 11.6 Å². The lowest BCUT2D eigenvalue weighted by atomic mass is 10.1. The summed E-state index contributed by atoms with van der Waals surface area (Å²) in [5, 5.41) is 3.06. The fraction of sp³-hybridized carbons (Fsp3) is 0.625. The molecule has 12 heavy (non-hydrogen) atoms. The second kappa shape index (κ2) is 6.03. The SMILES string of the molecule is CCC(C/C(=C\Cl)C(N)=O)NC. The van der Waals surface area contributed by atoms with E-state index in [9.17, 15) is 4.79 Å². The molecule has 0 heterocycles. The van der Waals surface area contributed by atoms with E-state index in [-0.39, 0.29) is 6.04 Å². The van der Waals surface area contributed by atoms with E-state index < -0.39 is 5.91 Å². The van der Waals surface area contributed by atoms with Crippen molar-refractivity contribution in [3.8, 4) is 0 Å². The summed E-state index contributed by atoms with van der Waals surface area (Å²) >= 11 is 5.43. The fourth-order valence-electron chi connectivity index (χ4n) is 0.915. The average Bonchev–Trinajstić information content (AvgIpc) is 2.06. The molecular formula is C8H15ClN2O. The predicted molar refractivity (Wildman–Crippen MR) is 50.9 cm³/mol. The highest BCUT2D eigenvalue weighted by Crippen LogP contribution is 2.08. The summed E-state index contributed by atoms with van der Waals surface area (Å²) < 4.78 is 0. The molecule has 1 atom stereocenters. The van der Waals surface area contributed by atoms with E-state index in [2.05, 4.69) is 5.32 Å². The van der Waals surface area contributed by atoms with Crippen LogP contribution in [0.25, 0.3) is 0 Å². The van der Waals surface area contributed by atoms with Gasteiger partial charge in [0.05, 0.1) is 0 Å². The maximum atomic E-state index is 10.7. The third-order valence-corrected chi connectivity index (χ3v) is 2.08. The average molecular weight is 191 g/mol. The minimum absolute atomic E-state index is 0.266. The minimum Gasteiger partial charge on any atom is -0.366 e. The molecule has 1 unspecified atom stereocenters. The van der Waals surface area contributed by atoms with Gasteiger partial charge in [-0.25, -0.2) is 0 Å². The molecule has 0 aliphatic rings. The van der Waals surface area contributed by atoms with Crippen molar-refractivity contribution in [1.29, 1.82) is 0 Å². The predicted octanol–water partition coefficient (Wildman–Crippen LogP) is 0.983. The molecule has 0 aromatic rings. The van der Waals surface area contributed by atoms with Crippen LogP contribution in [0.1, 0.15) is 19.8 Å². The van der Waals surface area contributed by atoms with E-state index >= 15 is 0 Å². The van der Waals surface area contributed by atoms with Gasteiger partial charge in [0.25, 0.3) is 0 Å². The van der Waals surface area contributed by atoms with Gasteiger partial charge in [-0.3, -0.25) is 4.79 Å². The molecule has 0 fully saturated rings. The first-order valence-electron chi connectivity index (χ1n) is 3.92. The summed E-state index contributed by atoms with van der Waals surface area (Å²) in [7, 11) is 1.85. The number of amides is 1. The number of hydrogen-bond acceptors (Lipinski definition) is 2. The van der Waals surface area contributed by atoms with Gasteiger partial charge in [-0.05, 0) is 19.9 Å². The Hall–Kier alpha value is -0.540. The van der Waals surface area contributed by atoms with Crippen molar-refractivity contribution >= 4 is 17.5 Å². The Balaban J connectivity index is 4.11. The summed E-state index contributed by atoms with van der Waals surface area (Å²) in [4.78, 5) is 10.7. The minimum atomic E-state index is -0.446. The van der Waals surface area contributed by atoms with E-state index in [1.165, 1.54) is 5.54 Å². The Kier molecular flexibility index (Phi) is 5.76. The second-order valence-electron chi connectivity index (χ2n) is 2.60. The van der Waals surface area contributed by atoms with Crippen molar-refractivity contribution < 1.29 is 4.79 Å². The van der Waals surface area contributed by atoms with E-state index in [1.807, 2.05) is 14.0 Å². The van der Waals surface area contributed by atoms with Gasteiger partial charge < -0.3 is 11.1 Å². The Morgan fingerprint density at radius 2 is 2.33 bits per heavy atom. The Morgan fingerprint density at radius 1 is 1.75 bits per heavy atom. The molecule has 0 aliphatic carbocycles. The van der Waals surface area contributed by atoms with Gasteiger partial charge in [-0.2, -0.15) is 0 Å². The molecule has 3 N–H and O–H groups in total. The largest absolute Gasteiger partial charge is 0.366 e. The van der Waals surface area contributed by atoms with Crippen LogP contribution in [0.4, 0.5) is 0 Å². The lowest BCUT2D eigenvalue weighted by molar-refractivity contribution is -0.114. The summed E-state index contributed by atoms with van der Waals surface area (Å²) in [6.07, 6.45) is 1.53. The van der Waals surface area contributed by atoms with Crippen molar-refractivity contribution in [3.63, 3.8) is 0 Å². The molecule has 4 heteroatoms. The van der Waals surface area contributed by atoms with Gasteiger partial charge in [0, 0.05) is 17.2 Å². The monoisotopic (exact) mass is 190 g/mol. The maximum Gasteiger partial charge on any atom is 0.245 e. The molecule has 0 rings (SSSR count). The van der Waals surface area contributed by atoms with Crippen molar-refractivity contribution in [2.24, 2.45) is 5.73 Å². The van der Waals surface area contributed by atoms with Gasteiger partial charge in [-0.1, -0.05) is 18.5 Å². The van der Waals surface area contributed by atoms with Gasteiger partial charge >= 0.3 is 0 Å². The number of rotatable bonds is 5. The molecule has 3 nitrogen and oxygen atoms in total. The number of carbonyl (C=O) groups is 1. The molecule has 0 spiro atoms. The molecule has 0 radical (unpaired) electrons. The molecule has 1 amide bonds. The van der Waals surface area contributed by atoms with E-state index in [1.54, 1.807) is 0 Å². The standard InChI is InChI=1S/C8H15ClN2O/c1-3-7(11-2)4-6(5-9)8(10)12/h5,7,11H,3-4H2,1-2H3,(H2,10,12)/b6-5+. The summed E-state index contributed by atoms with van der Waals surface area (Å²) in [6.45, 7) is 2.04. The number of nitrogens with two attached hydrogens (primary N) is 1. The Bertz CT molecular complexity index is 176. The first-order chi connectivity index (χ1) is 5.65. The van der Waals surface area contributed by atoms with Crippen molar-refractivity contribution in [3.05, 3.63) is 11.1 Å². The third kappa shape index (κ3) is 3.74. The Morgan fingerprint density at radius 3 is 2.58 bits per heavy atom. The highest BCUT2D eigenvalue weighted by atomic mass is 35.5. The zero-order valence-electron chi connectivity index (χ0n) is 7.43. The van der Waals surface area contributed by atoms with E-state index in [0.717, 1.165) is 6.42 Å². The lowest BCUT2D eigenvalue weighted by Gasteiger charge is -2.13. The highest BCUT2D eigenvalue weighted by Gasteiger charge is 2.10. The summed E-state index contributed by atoms with van der Waals surface area (Å²) in [5.41, 5.74) is 6.81. The number of carbonyl (C=O) groups excluding carboxylic acids is 1. The third-order valence-electron chi connectivity index (χ3n) is 1.82. The smallest absolute Gasteiger partial charge is 0.245 e. The van der Waals surface area contributed by atoms with Crippen LogP contribution in [0.5, 0.6) is 0 Å². The molecule has 0 aromatic heterocycles. The van der Waals surface area contributed by atoms with Crippen LogP contribution in [0.15, 0.2) is 11.1 Å². The van der Waals surface area contributed by atoms with Crippen LogP contribution < -0.4 is 11.1 Å². The Labute approximate surface area is 78.0 Å². The quantitative estimate of drug-likeness (QED) is 0.636. The van der Waals surface area contributed by atoms with Gasteiger partial charge in [0.2, 0.25) is 5.91 Å². The van der Waals surface area contributed by atoms with Gasteiger partial charge in [0.15, 0.2) is 0 Å². The van der Waals surface area contributed by atoms with Crippen LogP contribution in [0, 0.1) is 0 Å². The molecule has 0 bridgehead atoms. The van der Waals surface area contributed by atoms with Crippen molar-refractivity contribution in [2.45, 2.75) is 25.8 Å². The zero-order valence-corrected chi connectivity index (χ0v) is 8.19. The normalized spacial score (nSPS) is 14.4. The maximum absolute atomic E-state index is 10.7. The van der Waals surface area contributed by atoms with Crippen LogP contribution in [-0.2, 0) is 4.79 Å². The highest BCUT2D eigenvalue weighted by molar-refractivity contribution is 6.27. The molecular weight excluding hydrogens is 176 g/mol. The van der Waals surface area contributed by atoms with Gasteiger partial charge in [-0.15, -0.1) is 0 Å². The van der Waals surface area contributed by atoms with Crippen LogP contribution in [0.2, 0.25) is 0 Å². The first kappa shape index (κ1) is 11.5. The second-order valence-corrected chi connectivity index (χ2v) is 2.81.